The van der Waals surface area contributed by atoms with Crippen LogP contribution in [0.3, 0.4) is 0 Å². The maximum absolute atomic E-state index is 13.7. The largest absolute Gasteiger partial charge is 0.486 e. The molecule has 0 radical (unpaired) electrons. The number of aryl methyl sites for hydroxylation is 3. The summed E-state index contributed by atoms with van der Waals surface area (Å²) < 4.78 is 40.3. The van der Waals surface area contributed by atoms with Crippen LogP contribution in [0.25, 0.3) is 12.2 Å². The lowest BCUT2D eigenvalue weighted by Gasteiger charge is -2.38. The molecule has 206 valence electrons. The first-order valence-electron chi connectivity index (χ1n) is 13.5. The lowest BCUT2D eigenvalue weighted by atomic mass is 9.95. The minimum Gasteiger partial charge on any atom is -0.486 e. The van der Waals surface area contributed by atoms with Gasteiger partial charge in [-0.15, -0.1) is 0 Å². The number of nitrogens with zero attached hydrogens (tertiary/aromatic N) is 3. The fourth-order valence-corrected chi connectivity index (χ4v) is 6.94. The molecule has 3 heterocycles. The summed E-state index contributed by atoms with van der Waals surface area (Å²) in [4.78, 5) is 15.6. The van der Waals surface area contributed by atoms with E-state index in [1.54, 1.807) is 13.0 Å². The first kappa shape index (κ1) is 27.1. The Morgan fingerprint density at radius 1 is 1.03 bits per heavy atom. The van der Waals surface area contributed by atoms with Gasteiger partial charge >= 0.3 is 0 Å². The molecule has 39 heavy (non-hydrogen) atoms. The average molecular weight is 550 g/mol. The highest BCUT2D eigenvalue weighted by Crippen LogP contribution is 2.37. The standard InChI is InChI=1S/C30H35N3O5S/c1-5-25-19-33(26-18-21(3)8-12-27(26)37-25)30(34)24-14-16-32(17-15-24)39(35,36)29-22(4)31-38-28(29)13-11-23-9-6-20(2)7-10-23/h6-13,18,24-25H,5,14-17,19H2,1-4H3/b13-11+/t25-/m0/s1. The van der Waals surface area contributed by atoms with Crippen molar-refractivity contribution in [3.05, 3.63) is 70.6 Å². The van der Waals surface area contributed by atoms with Crippen LogP contribution in [0.4, 0.5) is 5.69 Å². The molecular weight excluding hydrogens is 514 g/mol. The maximum Gasteiger partial charge on any atom is 0.248 e. The number of sulfonamides is 1. The van der Waals surface area contributed by atoms with Crippen LogP contribution < -0.4 is 9.64 Å². The summed E-state index contributed by atoms with van der Waals surface area (Å²) in [6.07, 6.45) is 5.10. The Morgan fingerprint density at radius 2 is 1.72 bits per heavy atom. The number of hydrogen-bond donors (Lipinski definition) is 0. The molecule has 3 aromatic rings. The first-order valence-corrected chi connectivity index (χ1v) is 14.9. The molecule has 0 saturated carbocycles. The highest BCUT2D eigenvalue weighted by atomic mass is 32.2. The van der Waals surface area contributed by atoms with E-state index in [4.69, 9.17) is 9.26 Å². The van der Waals surface area contributed by atoms with E-state index in [1.165, 1.54) is 4.31 Å². The van der Waals surface area contributed by atoms with Crippen LogP contribution in [0.1, 0.15) is 54.3 Å². The van der Waals surface area contributed by atoms with Gasteiger partial charge in [0.1, 0.15) is 17.5 Å². The number of fused-ring (bicyclic) bond motifs is 1. The minimum absolute atomic E-state index is 0.0310. The Bertz CT molecular complexity index is 1490. The zero-order chi connectivity index (χ0) is 27.7. The topological polar surface area (TPSA) is 93.0 Å². The monoisotopic (exact) mass is 549 g/mol. The van der Waals surface area contributed by atoms with Crippen LogP contribution in [-0.2, 0) is 14.8 Å². The molecule has 1 aromatic heterocycles. The van der Waals surface area contributed by atoms with Gasteiger partial charge in [0.05, 0.1) is 12.2 Å². The fourth-order valence-electron chi connectivity index (χ4n) is 5.22. The summed E-state index contributed by atoms with van der Waals surface area (Å²) in [5.74, 6) is 0.701. The second-order valence-corrected chi connectivity index (χ2v) is 12.3. The SMILES string of the molecule is CC[C@H]1CN(C(=O)C2CCN(S(=O)(=O)c3c(C)noc3/C=C/c3ccc(C)cc3)CC2)c2cc(C)ccc2O1. The van der Waals surface area contributed by atoms with Crippen molar-refractivity contribution in [2.45, 2.75) is 58.0 Å². The van der Waals surface area contributed by atoms with E-state index < -0.39 is 10.0 Å². The molecule has 0 N–H and O–H groups in total. The third-order valence-electron chi connectivity index (χ3n) is 7.55. The van der Waals surface area contributed by atoms with Gasteiger partial charge in [0, 0.05) is 19.0 Å². The molecule has 8 nitrogen and oxygen atoms in total. The Morgan fingerprint density at radius 3 is 2.41 bits per heavy atom. The van der Waals surface area contributed by atoms with Gasteiger partial charge in [0.25, 0.3) is 0 Å². The van der Waals surface area contributed by atoms with Crippen molar-refractivity contribution in [3.63, 3.8) is 0 Å². The summed E-state index contributed by atoms with van der Waals surface area (Å²) >= 11 is 0. The molecule has 1 saturated heterocycles. The number of ether oxygens (including phenoxy) is 1. The first-order chi connectivity index (χ1) is 18.7. The quantitative estimate of drug-likeness (QED) is 0.410. The molecule has 9 heteroatoms. The summed E-state index contributed by atoms with van der Waals surface area (Å²) in [5.41, 5.74) is 4.25. The highest BCUT2D eigenvalue weighted by Gasteiger charge is 2.39. The van der Waals surface area contributed by atoms with Crippen LogP contribution in [0.15, 0.2) is 51.9 Å². The number of anilines is 1. The van der Waals surface area contributed by atoms with E-state index >= 15 is 0 Å². The predicted octanol–water partition coefficient (Wildman–Crippen LogP) is 5.38. The molecule has 2 aromatic carbocycles. The van der Waals surface area contributed by atoms with Gasteiger partial charge in [-0.05, 0) is 69.4 Å². The third-order valence-corrected chi connectivity index (χ3v) is 9.60. The molecule has 0 bridgehead atoms. The number of aromatic nitrogens is 1. The number of rotatable bonds is 6. The van der Waals surface area contributed by atoms with Crippen LogP contribution in [0, 0.1) is 26.7 Å². The lowest BCUT2D eigenvalue weighted by molar-refractivity contribution is -0.124. The average Bonchev–Trinajstić information content (AvgIpc) is 3.32. The van der Waals surface area contributed by atoms with Gasteiger partial charge in [0.15, 0.2) is 10.7 Å². The molecule has 1 atom stereocenters. The minimum atomic E-state index is -3.85. The van der Waals surface area contributed by atoms with E-state index in [9.17, 15) is 13.2 Å². The summed E-state index contributed by atoms with van der Waals surface area (Å²) in [6, 6.07) is 13.8. The van der Waals surface area contributed by atoms with Gasteiger partial charge in [-0.1, -0.05) is 54.1 Å². The van der Waals surface area contributed by atoms with Crippen LogP contribution in [0.2, 0.25) is 0 Å². The van der Waals surface area contributed by atoms with Crippen molar-refractivity contribution in [1.29, 1.82) is 0 Å². The van der Waals surface area contributed by atoms with E-state index in [0.29, 0.717) is 25.1 Å². The summed E-state index contributed by atoms with van der Waals surface area (Å²) in [6.45, 7) is 8.71. The van der Waals surface area contributed by atoms with Crippen molar-refractivity contribution >= 4 is 33.8 Å². The highest BCUT2D eigenvalue weighted by molar-refractivity contribution is 7.89. The summed E-state index contributed by atoms with van der Waals surface area (Å²) in [7, 11) is -3.85. The number of amides is 1. The smallest absolute Gasteiger partial charge is 0.248 e. The van der Waals surface area contributed by atoms with E-state index in [0.717, 1.165) is 34.5 Å². The Kier molecular flexibility index (Phi) is 7.64. The molecule has 0 spiro atoms. The second-order valence-electron chi connectivity index (χ2n) is 10.5. The number of piperidine rings is 1. The van der Waals surface area contributed by atoms with Gasteiger partial charge < -0.3 is 14.2 Å². The van der Waals surface area contributed by atoms with E-state index in [2.05, 4.69) is 5.16 Å². The van der Waals surface area contributed by atoms with Crippen molar-refractivity contribution in [2.75, 3.05) is 24.5 Å². The van der Waals surface area contributed by atoms with E-state index in [-0.39, 0.29) is 41.7 Å². The second kappa shape index (κ2) is 11.0. The van der Waals surface area contributed by atoms with Gasteiger partial charge in [-0.25, -0.2) is 8.42 Å². The van der Waals surface area contributed by atoms with Crippen LogP contribution >= 0.6 is 0 Å². The molecule has 5 rings (SSSR count). The molecular formula is C30H35N3O5S. The van der Waals surface area contributed by atoms with Gasteiger partial charge in [-0.2, -0.15) is 4.31 Å². The van der Waals surface area contributed by atoms with Crippen LogP contribution in [-0.4, -0.2) is 49.5 Å². The number of hydrogen-bond acceptors (Lipinski definition) is 6. The van der Waals surface area contributed by atoms with Crippen molar-refractivity contribution in [2.24, 2.45) is 5.92 Å². The zero-order valence-electron chi connectivity index (χ0n) is 22.9. The Hall–Kier alpha value is -3.43. The van der Waals surface area contributed by atoms with Gasteiger partial charge in [-0.3, -0.25) is 4.79 Å². The Balaban J connectivity index is 1.31. The lowest BCUT2D eigenvalue weighted by Crippen LogP contribution is -2.49. The number of benzene rings is 2. The van der Waals surface area contributed by atoms with Crippen molar-refractivity contribution in [3.8, 4) is 5.75 Å². The number of carbonyl (C=O) groups is 1. The van der Waals surface area contributed by atoms with Crippen LogP contribution in [0.5, 0.6) is 5.75 Å². The normalized spacial score (nSPS) is 18.8. The van der Waals surface area contributed by atoms with E-state index in [1.807, 2.05) is 74.2 Å². The molecule has 0 aliphatic carbocycles. The molecule has 1 amide bonds. The molecule has 0 unspecified atom stereocenters. The molecule has 2 aliphatic rings. The van der Waals surface area contributed by atoms with Gasteiger partial charge in [0.2, 0.25) is 15.9 Å². The molecule has 2 aliphatic heterocycles. The predicted molar refractivity (Wildman–Crippen MR) is 151 cm³/mol. The van der Waals surface area contributed by atoms with Crippen molar-refractivity contribution in [1.82, 2.24) is 9.46 Å². The maximum atomic E-state index is 13.7. The Labute approximate surface area is 230 Å². The molecule has 1 fully saturated rings. The zero-order valence-corrected chi connectivity index (χ0v) is 23.7. The fraction of sp³-hybridized carbons (Fsp3) is 0.400. The third kappa shape index (κ3) is 5.51. The summed E-state index contributed by atoms with van der Waals surface area (Å²) in [5, 5.41) is 3.95. The van der Waals surface area contributed by atoms with Crippen molar-refractivity contribution < 1.29 is 22.5 Å². The number of carbonyl (C=O) groups excluding carboxylic acids is 1.